The van der Waals surface area contributed by atoms with Crippen LogP contribution in [0.4, 0.5) is 0 Å². The Morgan fingerprint density at radius 3 is 1.28 bits per heavy atom. The highest BCUT2D eigenvalue weighted by molar-refractivity contribution is 7.04. The van der Waals surface area contributed by atoms with Crippen LogP contribution in [0.5, 0.6) is 0 Å². The molecule has 270 valence electrons. The van der Waals surface area contributed by atoms with Crippen molar-refractivity contribution in [1.82, 2.24) is 24.9 Å². The normalized spacial score (nSPS) is 12.5. The first-order chi connectivity index (χ1) is 28.0. The van der Waals surface area contributed by atoms with Crippen LogP contribution in [0, 0.1) is 0 Å². The lowest BCUT2D eigenvalue weighted by Crippen LogP contribution is -2.50. The van der Waals surface area contributed by atoms with Gasteiger partial charge in [0.15, 0.2) is 23.3 Å². The van der Waals surface area contributed by atoms with Gasteiger partial charge in [-0.15, -0.1) is 0 Å². The SMILES string of the molecule is C[Si]1(C)c2ccccc2-c2nc(-c3ccc(-c4cccc(-c5cccc(-c6nc(-c7ccccc7)nc(-c7ccccc7)n6)c5)c4)cc3)nc(-c3ccccc3)c21. The molecule has 1 aliphatic rings. The van der Waals surface area contributed by atoms with E-state index in [9.17, 15) is 0 Å². The van der Waals surface area contributed by atoms with Crippen molar-refractivity contribution in [1.29, 1.82) is 0 Å². The summed E-state index contributed by atoms with van der Waals surface area (Å²) in [5.74, 6) is 2.67. The molecular weight excluding hydrogens is 711 g/mol. The molecule has 2 aromatic heterocycles. The van der Waals surface area contributed by atoms with Gasteiger partial charge in [-0.05, 0) is 50.3 Å². The van der Waals surface area contributed by atoms with Crippen LogP contribution in [0.25, 0.3) is 90.3 Å². The number of hydrogen-bond acceptors (Lipinski definition) is 5. The van der Waals surface area contributed by atoms with Gasteiger partial charge in [0.25, 0.3) is 0 Å². The van der Waals surface area contributed by atoms with E-state index < -0.39 is 8.07 Å². The molecule has 7 aromatic carbocycles. The largest absolute Gasteiger partial charge is 0.228 e. The van der Waals surface area contributed by atoms with E-state index in [2.05, 4.69) is 140 Å². The summed E-state index contributed by atoms with van der Waals surface area (Å²) in [6.07, 6.45) is 0. The van der Waals surface area contributed by atoms with Crippen LogP contribution in [-0.4, -0.2) is 33.0 Å². The van der Waals surface area contributed by atoms with Crippen molar-refractivity contribution in [3.63, 3.8) is 0 Å². The molecule has 0 atom stereocenters. The minimum absolute atomic E-state index is 0.634. The van der Waals surface area contributed by atoms with Gasteiger partial charge in [0.2, 0.25) is 0 Å². The zero-order valence-electron chi connectivity index (χ0n) is 31.6. The number of aromatic nitrogens is 5. The van der Waals surface area contributed by atoms with Gasteiger partial charge in [-0.25, -0.2) is 24.9 Å². The van der Waals surface area contributed by atoms with E-state index in [-0.39, 0.29) is 0 Å². The van der Waals surface area contributed by atoms with Gasteiger partial charge in [0, 0.05) is 27.8 Å². The molecule has 3 heterocycles. The topological polar surface area (TPSA) is 64.5 Å². The smallest absolute Gasteiger partial charge is 0.164 e. The van der Waals surface area contributed by atoms with E-state index in [1.165, 1.54) is 15.9 Å². The lowest BCUT2D eigenvalue weighted by atomic mass is 9.97. The van der Waals surface area contributed by atoms with Crippen molar-refractivity contribution < 1.29 is 0 Å². The molecule has 0 spiro atoms. The summed E-state index contributed by atoms with van der Waals surface area (Å²) >= 11 is 0. The molecule has 10 rings (SSSR count). The van der Waals surface area contributed by atoms with Crippen molar-refractivity contribution in [2.45, 2.75) is 13.1 Å². The Balaban J connectivity index is 0.993. The third-order valence-electron chi connectivity index (χ3n) is 10.9. The summed E-state index contributed by atoms with van der Waals surface area (Å²) in [6.45, 7) is 4.84. The summed E-state index contributed by atoms with van der Waals surface area (Å²) < 4.78 is 0. The minimum Gasteiger partial charge on any atom is -0.228 e. The van der Waals surface area contributed by atoms with Gasteiger partial charge < -0.3 is 0 Å². The van der Waals surface area contributed by atoms with Crippen LogP contribution >= 0.6 is 0 Å². The molecule has 0 saturated heterocycles. The third-order valence-corrected chi connectivity index (χ3v) is 14.4. The second kappa shape index (κ2) is 14.2. The van der Waals surface area contributed by atoms with Crippen LogP contribution in [0.3, 0.4) is 0 Å². The van der Waals surface area contributed by atoms with E-state index >= 15 is 0 Å². The van der Waals surface area contributed by atoms with Crippen molar-refractivity contribution in [3.05, 3.63) is 188 Å². The molecule has 5 nitrogen and oxygen atoms in total. The van der Waals surface area contributed by atoms with Gasteiger partial charge in [0.05, 0.1) is 11.4 Å². The number of rotatable bonds is 7. The number of fused-ring (bicyclic) bond motifs is 3. The van der Waals surface area contributed by atoms with Gasteiger partial charge in [0.1, 0.15) is 8.07 Å². The van der Waals surface area contributed by atoms with E-state index in [1.54, 1.807) is 0 Å². The first-order valence-corrected chi connectivity index (χ1v) is 22.3. The second-order valence-corrected chi connectivity index (χ2v) is 19.2. The Bertz CT molecular complexity index is 2850. The first-order valence-electron chi connectivity index (χ1n) is 19.3. The molecule has 0 aliphatic carbocycles. The Hall–Kier alpha value is -7.15. The standard InChI is InChI=1S/C51H37N5Si/c1-57(2)44-27-13-12-26-43(44)46-47(57)45(35-16-6-3-7-17-35)52-48(53-46)38-30-28-34(29-31-38)39-22-14-23-40(32-39)41-24-15-25-42(33-41)51-55-49(36-18-8-4-9-19-36)54-50(56-51)37-20-10-5-11-21-37/h3-33H,1-2H3. The summed E-state index contributed by atoms with van der Waals surface area (Å²) in [4.78, 5) is 25.4. The Labute approximate surface area is 333 Å². The molecule has 6 heteroatoms. The van der Waals surface area contributed by atoms with Gasteiger partial charge in [-0.3, -0.25) is 0 Å². The maximum atomic E-state index is 5.31. The minimum atomic E-state index is -2.01. The van der Waals surface area contributed by atoms with Crippen molar-refractivity contribution >= 4 is 18.4 Å². The highest BCUT2D eigenvalue weighted by Gasteiger charge is 2.41. The Morgan fingerprint density at radius 2 is 0.684 bits per heavy atom. The average Bonchev–Trinajstić information content (AvgIpc) is 3.52. The van der Waals surface area contributed by atoms with E-state index in [4.69, 9.17) is 24.9 Å². The van der Waals surface area contributed by atoms with Crippen LogP contribution < -0.4 is 10.4 Å². The zero-order valence-corrected chi connectivity index (χ0v) is 32.6. The summed E-state index contributed by atoms with van der Waals surface area (Å²) in [5, 5.41) is 2.74. The molecule has 1 aliphatic heterocycles. The van der Waals surface area contributed by atoms with Crippen LogP contribution in [0.2, 0.25) is 13.1 Å². The quantitative estimate of drug-likeness (QED) is 0.152. The highest BCUT2D eigenvalue weighted by atomic mass is 28.3. The molecule has 0 unspecified atom stereocenters. The Morgan fingerprint density at radius 1 is 0.298 bits per heavy atom. The third kappa shape index (κ3) is 6.36. The predicted molar refractivity (Wildman–Crippen MR) is 236 cm³/mol. The molecule has 0 amide bonds. The number of benzene rings is 7. The van der Waals surface area contributed by atoms with Gasteiger partial charge >= 0.3 is 0 Å². The van der Waals surface area contributed by atoms with Crippen molar-refractivity contribution in [2.24, 2.45) is 0 Å². The van der Waals surface area contributed by atoms with E-state index in [0.717, 1.165) is 67.3 Å². The molecule has 0 saturated carbocycles. The summed E-state index contributed by atoms with van der Waals surface area (Å²) in [7, 11) is -2.01. The van der Waals surface area contributed by atoms with Gasteiger partial charge in [-0.1, -0.05) is 189 Å². The highest BCUT2D eigenvalue weighted by Crippen LogP contribution is 2.35. The zero-order chi connectivity index (χ0) is 38.3. The van der Waals surface area contributed by atoms with Crippen LogP contribution in [0.1, 0.15) is 0 Å². The molecule has 9 aromatic rings. The molecule has 0 N–H and O–H groups in total. The van der Waals surface area contributed by atoms with Crippen LogP contribution in [-0.2, 0) is 0 Å². The fourth-order valence-electron chi connectivity index (χ4n) is 8.02. The molecule has 0 bridgehead atoms. The molecule has 0 radical (unpaired) electrons. The van der Waals surface area contributed by atoms with E-state index in [0.29, 0.717) is 17.5 Å². The number of hydrogen-bond donors (Lipinski definition) is 0. The monoisotopic (exact) mass is 747 g/mol. The van der Waals surface area contributed by atoms with E-state index in [1.807, 2.05) is 60.7 Å². The maximum Gasteiger partial charge on any atom is 0.164 e. The first kappa shape index (κ1) is 34.3. The van der Waals surface area contributed by atoms with Crippen molar-refractivity contribution in [3.8, 4) is 90.3 Å². The number of nitrogens with zero attached hydrogens (tertiary/aromatic N) is 5. The average molecular weight is 748 g/mol. The molecular formula is C51H37N5Si. The lowest BCUT2D eigenvalue weighted by molar-refractivity contribution is 1.07. The predicted octanol–water partition coefficient (Wildman–Crippen LogP) is 11.1. The molecule has 57 heavy (non-hydrogen) atoms. The fourth-order valence-corrected chi connectivity index (χ4v) is 11.2. The van der Waals surface area contributed by atoms with Crippen LogP contribution in [0.15, 0.2) is 188 Å². The fraction of sp³-hybridized carbons (Fsp3) is 0.0392. The van der Waals surface area contributed by atoms with Crippen molar-refractivity contribution in [2.75, 3.05) is 0 Å². The Kier molecular flexibility index (Phi) is 8.54. The summed E-state index contributed by atoms with van der Waals surface area (Å²) in [6, 6.07) is 65.3. The molecule has 0 fully saturated rings. The second-order valence-electron chi connectivity index (χ2n) is 14.9. The van der Waals surface area contributed by atoms with Gasteiger partial charge in [-0.2, -0.15) is 0 Å². The maximum absolute atomic E-state index is 5.31. The summed E-state index contributed by atoms with van der Waals surface area (Å²) in [5.41, 5.74) is 12.8. The lowest BCUT2D eigenvalue weighted by Gasteiger charge is -2.21.